The van der Waals surface area contributed by atoms with Crippen LogP contribution in [0.4, 0.5) is 4.39 Å². The van der Waals surface area contributed by atoms with Crippen molar-refractivity contribution in [1.29, 1.82) is 0 Å². The van der Waals surface area contributed by atoms with Gasteiger partial charge in [0.1, 0.15) is 5.82 Å². The van der Waals surface area contributed by atoms with Crippen LogP contribution in [0.15, 0.2) is 22.7 Å². The lowest BCUT2D eigenvalue weighted by Crippen LogP contribution is -2.34. The molecule has 0 bridgehead atoms. The van der Waals surface area contributed by atoms with E-state index in [0.29, 0.717) is 22.5 Å². The summed E-state index contributed by atoms with van der Waals surface area (Å²) in [5.41, 5.74) is 0.472. The average Bonchev–Trinajstić information content (AvgIpc) is 2.89. The summed E-state index contributed by atoms with van der Waals surface area (Å²) in [6.45, 7) is 6.13. The van der Waals surface area contributed by atoms with Crippen molar-refractivity contribution in [2.45, 2.75) is 19.8 Å². The van der Waals surface area contributed by atoms with E-state index in [1.54, 1.807) is 0 Å². The van der Waals surface area contributed by atoms with Crippen LogP contribution in [-0.2, 0) is 0 Å². The summed E-state index contributed by atoms with van der Waals surface area (Å²) in [6.07, 6.45) is 2.56. The predicted molar refractivity (Wildman–Crippen MR) is 81.3 cm³/mol. The smallest absolute Gasteiger partial charge is 0.252 e. The number of rotatable bonds is 5. The van der Waals surface area contributed by atoms with Crippen LogP contribution < -0.4 is 5.32 Å². The van der Waals surface area contributed by atoms with Crippen LogP contribution in [0.5, 0.6) is 0 Å². The van der Waals surface area contributed by atoms with Crippen LogP contribution in [-0.4, -0.2) is 37.0 Å². The fraction of sp³-hybridized carbons (Fsp3) is 0.533. The fourth-order valence-electron chi connectivity index (χ4n) is 2.51. The Balaban J connectivity index is 1.81. The maximum Gasteiger partial charge on any atom is 0.252 e. The lowest BCUT2D eigenvalue weighted by Gasteiger charge is -2.20. The molecule has 0 aliphatic carbocycles. The van der Waals surface area contributed by atoms with E-state index < -0.39 is 0 Å². The molecule has 1 aliphatic heterocycles. The van der Waals surface area contributed by atoms with E-state index in [1.807, 2.05) is 0 Å². The Hall–Kier alpha value is -0.940. The third-order valence-corrected chi connectivity index (χ3v) is 4.21. The second kappa shape index (κ2) is 7.18. The van der Waals surface area contributed by atoms with Crippen molar-refractivity contribution in [2.24, 2.45) is 5.92 Å². The Labute approximate surface area is 127 Å². The summed E-state index contributed by atoms with van der Waals surface area (Å²) >= 11 is 3.22. The molecular weight excluding hydrogens is 323 g/mol. The molecule has 2 rings (SSSR count). The van der Waals surface area contributed by atoms with E-state index in [0.717, 1.165) is 6.54 Å². The summed E-state index contributed by atoms with van der Waals surface area (Å²) in [4.78, 5) is 14.5. The number of hydrogen-bond acceptors (Lipinski definition) is 2. The molecule has 1 fully saturated rings. The zero-order chi connectivity index (χ0) is 14.5. The molecule has 0 aromatic heterocycles. The van der Waals surface area contributed by atoms with Gasteiger partial charge in [0.05, 0.1) is 5.56 Å². The summed E-state index contributed by atoms with van der Waals surface area (Å²) in [5.74, 6) is -0.0998. The van der Waals surface area contributed by atoms with Gasteiger partial charge >= 0.3 is 0 Å². The van der Waals surface area contributed by atoms with Crippen molar-refractivity contribution in [3.63, 3.8) is 0 Å². The molecule has 1 unspecified atom stereocenters. The average molecular weight is 343 g/mol. The number of benzene rings is 1. The molecule has 1 N–H and O–H groups in total. The van der Waals surface area contributed by atoms with Gasteiger partial charge in [0.25, 0.3) is 5.91 Å². The Kier molecular flexibility index (Phi) is 5.54. The minimum absolute atomic E-state index is 0.162. The number of likely N-dealkylation sites (tertiary alicyclic amines) is 1. The van der Waals surface area contributed by atoms with Crippen LogP contribution in [0.3, 0.4) is 0 Å². The van der Waals surface area contributed by atoms with Gasteiger partial charge in [-0.25, -0.2) is 4.39 Å². The van der Waals surface area contributed by atoms with Gasteiger partial charge in [-0.1, -0.05) is 6.92 Å². The Morgan fingerprint density at radius 2 is 2.15 bits per heavy atom. The first-order valence-corrected chi connectivity index (χ1v) is 7.81. The molecule has 0 radical (unpaired) electrons. The first kappa shape index (κ1) is 15.4. The Morgan fingerprint density at radius 1 is 1.45 bits per heavy atom. The number of nitrogens with zero attached hydrogens (tertiary/aromatic N) is 1. The van der Waals surface area contributed by atoms with Crippen LogP contribution in [0.1, 0.15) is 30.1 Å². The zero-order valence-corrected chi connectivity index (χ0v) is 13.2. The quantitative estimate of drug-likeness (QED) is 0.891. The van der Waals surface area contributed by atoms with E-state index in [4.69, 9.17) is 0 Å². The van der Waals surface area contributed by atoms with E-state index in [1.165, 1.54) is 44.1 Å². The Morgan fingerprint density at radius 3 is 2.80 bits per heavy atom. The molecule has 3 nitrogen and oxygen atoms in total. The number of carbonyl (C=O) groups is 1. The van der Waals surface area contributed by atoms with E-state index in [9.17, 15) is 9.18 Å². The van der Waals surface area contributed by atoms with Crippen molar-refractivity contribution >= 4 is 21.8 Å². The van der Waals surface area contributed by atoms with E-state index >= 15 is 0 Å². The van der Waals surface area contributed by atoms with Gasteiger partial charge in [0.15, 0.2) is 0 Å². The standard InChI is InChI=1S/C15H20BrFN2O/c1-11(10-19-6-2-3-7-19)9-18-15(20)13-5-4-12(17)8-14(13)16/h4-5,8,11H,2-3,6-7,9-10H2,1H3,(H,18,20). The second-order valence-corrected chi connectivity index (χ2v) is 6.30. The topological polar surface area (TPSA) is 32.3 Å². The molecule has 1 heterocycles. The summed E-state index contributed by atoms with van der Waals surface area (Å²) in [5, 5.41) is 2.91. The van der Waals surface area contributed by atoms with Gasteiger partial charge in [0, 0.05) is 17.6 Å². The normalized spacial score (nSPS) is 17.1. The first-order chi connectivity index (χ1) is 9.56. The molecule has 20 heavy (non-hydrogen) atoms. The molecule has 5 heteroatoms. The van der Waals surface area contributed by atoms with Crippen LogP contribution in [0.2, 0.25) is 0 Å². The molecule has 1 saturated heterocycles. The predicted octanol–water partition coefficient (Wildman–Crippen LogP) is 3.05. The van der Waals surface area contributed by atoms with Gasteiger partial charge in [-0.2, -0.15) is 0 Å². The molecule has 1 aromatic rings. The molecule has 1 atom stereocenters. The zero-order valence-electron chi connectivity index (χ0n) is 11.7. The number of halogens is 2. The maximum atomic E-state index is 13.0. The monoisotopic (exact) mass is 342 g/mol. The minimum atomic E-state index is -0.351. The minimum Gasteiger partial charge on any atom is -0.352 e. The lowest BCUT2D eigenvalue weighted by molar-refractivity contribution is 0.0944. The summed E-state index contributed by atoms with van der Waals surface area (Å²) in [7, 11) is 0. The molecule has 0 saturated carbocycles. The van der Waals surface area contributed by atoms with Gasteiger partial charge in [-0.05, 0) is 66.0 Å². The van der Waals surface area contributed by atoms with Gasteiger partial charge in [-0.3, -0.25) is 4.79 Å². The van der Waals surface area contributed by atoms with E-state index in [2.05, 4.69) is 33.1 Å². The molecule has 1 aromatic carbocycles. The van der Waals surface area contributed by atoms with E-state index in [-0.39, 0.29) is 11.7 Å². The molecule has 110 valence electrons. The Bertz CT molecular complexity index is 475. The van der Waals surface area contributed by atoms with Crippen molar-refractivity contribution in [1.82, 2.24) is 10.2 Å². The third-order valence-electron chi connectivity index (χ3n) is 3.56. The number of nitrogens with one attached hydrogen (secondary N) is 1. The fourth-order valence-corrected chi connectivity index (χ4v) is 3.04. The van der Waals surface area contributed by atoms with Gasteiger partial charge in [0.2, 0.25) is 0 Å². The highest BCUT2D eigenvalue weighted by atomic mass is 79.9. The number of hydrogen-bond donors (Lipinski definition) is 1. The van der Waals surface area contributed by atoms with Crippen LogP contribution in [0.25, 0.3) is 0 Å². The first-order valence-electron chi connectivity index (χ1n) is 7.02. The number of amides is 1. The molecule has 1 amide bonds. The molecule has 0 spiro atoms. The number of carbonyl (C=O) groups excluding carboxylic acids is 1. The van der Waals surface area contributed by atoms with Crippen molar-refractivity contribution in [2.75, 3.05) is 26.2 Å². The molecular formula is C15H20BrFN2O. The van der Waals surface area contributed by atoms with Crippen molar-refractivity contribution in [3.8, 4) is 0 Å². The third kappa shape index (κ3) is 4.28. The highest BCUT2D eigenvalue weighted by Crippen LogP contribution is 2.18. The highest BCUT2D eigenvalue weighted by molar-refractivity contribution is 9.10. The van der Waals surface area contributed by atoms with Crippen molar-refractivity contribution < 1.29 is 9.18 Å². The highest BCUT2D eigenvalue weighted by Gasteiger charge is 2.16. The SMILES string of the molecule is CC(CNC(=O)c1ccc(F)cc1Br)CN1CCCC1. The summed E-state index contributed by atoms with van der Waals surface area (Å²) in [6, 6.07) is 4.11. The van der Waals surface area contributed by atoms with Crippen LogP contribution in [0, 0.1) is 11.7 Å². The van der Waals surface area contributed by atoms with Gasteiger partial charge in [-0.15, -0.1) is 0 Å². The van der Waals surface area contributed by atoms with Crippen LogP contribution >= 0.6 is 15.9 Å². The van der Waals surface area contributed by atoms with Gasteiger partial charge < -0.3 is 10.2 Å². The summed E-state index contributed by atoms with van der Waals surface area (Å²) < 4.78 is 13.5. The molecule has 1 aliphatic rings. The maximum absolute atomic E-state index is 13.0. The largest absolute Gasteiger partial charge is 0.352 e. The lowest BCUT2D eigenvalue weighted by atomic mass is 10.1. The second-order valence-electron chi connectivity index (χ2n) is 5.45. The van der Waals surface area contributed by atoms with Crippen molar-refractivity contribution in [3.05, 3.63) is 34.1 Å².